The largest absolute Gasteiger partial charge is 0.388 e. The fraction of sp³-hybridized carbons (Fsp3) is 0.600. The molecular weight excluding hydrogens is 248 g/mol. The molecule has 13 heavy (non-hydrogen) atoms. The number of hydrogen-bond donors (Lipinski definition) is 1. The van der Waals surface area contributed by atoms with Crippen LogP contribution in [0.25, 0.3) is 0 Å². The monoisotopic (exact) mass is 262 g/mol. The van der Waals surface area contributed by atoms with Gasteiger partial charge in [0.05, 0.1) is 9.89 Å². The van der Waals surface area contributed by atoms with Crippen LogP contribution in [0.4, 0.5) is 0 Å². The summed E-state index contributed by atoms with van der Waals surface area (Å²) in [6.07, 6.45) is 4.15. The predicted octanol–water partition coefficient (Wildman–Crippen LogP) is 4.12. The average molecular weight is 263 g/mol. The van der Waals surface area contributed by atoms with E-state index in [1.54, 1.807) is 11.3 Å². The Morgan fingerprint density at radius 1 is 1.54 bits per heavy atom. The van der Waals surface area contributed by atoms with Crippen molar-refractivity contribution in [3.8, 4) is 0 Å². The molecule has 0 spiro atoms. The Balaban J connectivity index is 2.35. The molecule has 0 aromatic carbocycles. The lowest BCUT2D eigenvalue weighted by atomic mass is 10.1. The lowest BCUT2D eigenvalue weighted by molar-refractivity contribution is 0.164. The summed E-state index contributed by atoms with van der Waals surface area (Å²) < 4.78 is 1.09. The van der Waals surface area contributed by atoms with E-state index in [0.29, 0.717) is 0 Å². The topological polar surface area (TPSA) is 20.2 Å². The highest BCUT2D eigenvalue weighted by atomic mass is 79.9. The molecular formula is C10H15BrOS. The fourth-order valence-corrected chi connectivity index (χ4v) is 2.48. The summed E-state index contributed by atoms with van der Waals surface area (Å²) in [6, 6.07) is 2.00. The van der Waals surface area contributed by atoms with E-state index < -0.39 is 0 Å². The molecule has 0 fully saturated rings. The Morgan fingerprint density at radius 2 is 2.31 bits per heavy atom. The molecule has 3 heteroatoms. The summed E-state index contributed by atoms with van der Waals surface area (Å²) in [5.41, 5.74) is 1.05. The van der Waals surface area contributed by atoms with Crippen molar-refractivity contribution in [3.63, 3.8) is 0 Å². The molecule has 1 nitrogen and oxygen atoms in total. The first kappa shape index (κ1) is 11.2. The van der Waals surface area contributed by atoms with Crippen LogP contribution in [0, 0.1) is 0 Å². The van der Waals surface area contributed by atoms with Crippen LogP contribution < -0.4 is 0 Å². The summed E-state index contributed by atoms with van der Waals surface area (Å²) in [5, 5.41) is 11.8. The van der Waals surface area contributed by atoms with Crippen LogP contribution in [0.1, 0.15) is 44.3 Å². The van der Waals surface area contributed by atoms with Crippen molar-refractivity contribution in [2.75, 3.05) is 0 Å². The van der Waals surface area contributed by atoms with Gasteiger partial charge in [0.1, 0.15) is 0 Å². The van der Waals surface area contributed by atoms with Crippen molar-refractivity contribution in [2.24, 2.45) is 0 Å². The van der Waals surface area contributed by atoms with Crippen LogP contribution >= 0.6 is 27.3 Å². The Morgan fingerprint density at radius 3 is 2.85 bits per heavy atom. The molecule has 0 bridgehead atoms. The first-order valence-electron chi connectivity index (χ1n) is 4.66. The molecule has 0 saturated heterocycles. The van der Waals surface area contributed by atoms with E-state index >= 15 is 0 Å². The highest BCUT2D eigenvalue weighted by Crippen LogP contribution is 2.27. The van der Waals surface area contributed by atoms with Gasteiger partial charge < -0.3 is 5.11 Å². The van der Waals surface area contributed by atoms with Crippen LogP contribution in [0.5, 0.6) is 0 Å². The molecule has 0 saturated carbocycles. The van der Waals surface area contributed by atoms with Gasteiger partial charge in [-0.1, -0.05) is 26.2 Å². The third-order valence-electron chi connectivity index (χ3n) is 2.05. The number of aliphatic hydroxyl groups excluding tert-OH is 1. The van der Waals surface area contributed by atoms with Crippen LogP contribution in [0.3, 0.4) is 0 Å². The van der Waals surface area contributed by atoms with Crippen LogP contribution in [0.2, 0.25) is 0 Å². The summed E-state index contributed by atoms with van der Waals surface area (Å²) in [7, 11) is 0. The third-order valence-corrected chi connectivity index (χ3v) is 3.58. The molecule has 1 aromatic rings. The number of hydrogen-bond acceptors (Lipinski definition) is 2. The number of rotatable bonds is 5. The first-order chi connectivity index (χ1) is 6.24. The summed E-state index contributed by atoms with van der Waals surface area (Å²) in [4.78, 5) is 0. The molecule has 0 aliphatic heterocycles. The maximum absolute atomic E-state index is 9.75. The van der Waals surface area contributed by atoms with Crippen molar-refractivity contribution in [2.45, 2.75) is 38.7 Å². The summed E-state index contributed by atoms with van der Waals surface area (Å²) in [6.45, 7) is 2.17. The van der Waals surface area contributed by atoms with Crippen molar-refractivity contribution in [1.29, 1.82) is 0 Å². The average Bonchev–Trinajstić information content (AvgIpc) is 2.52. The molecule has 1 rings (SSSR count). The van der Waals surface area contributed by atoms with E-state index in [9.17, 15) is 5.11 Å². The van der Waals surface area contributed by atoms with Crippen LogP contribution in [0.15, 0.2) is 15.2 Å². The Hall–Kier alpha value is 0.140. The standard InChI is InChI=1S/C10H15BrOS/c1-2-3-4-5-9(12)8-6-10(11)13-7-8/h6-7,9,12H,2-5H2,1H3. The second-order valence-electron chi connectivity index (χ2n) is 3.20. The smallest absolute Gasteiger partial charge is 0.0798 e. The van der Waals surface area contributed by atoms with Crippen molar-refractivity contribution < 1.29 is 5.11 Å². The van der Waals surface area contributed by atoms with Crippen molar-refractivity contribution in [3.05, 3.63) is 20.8 Å². The number of aliphatic hydroxyl groups is 1. The fourth-order valence-electron chi connectivity index (χ4n) is 1.25. The Labute approximate surface area is 91.9 Å². The van der Waals surface area contributed by atoms with Gasteiger partial charge in [-0.05, 0) is 39.4 Å². The van der Waals surface area contributed by atoms with Gasteiger partial charge in [0.15, 0.2) is 0 Å². The van der Waals surface area contributed by atoms with Crippen molar-refractivity contribution >= 4 is 27.3 Å². The second kappa shape index (κ2) is 5.78. The maximum atomic E-state index is 9.75. The predicted molar refractivity (Wildman–Crippen MR) is 61.1 cm³/mol. The molecule has 1 N–H and O–H groups in total. The minimum Gasteiger partial charge on any atom is -0.388 e. The SMILES string of the molecule is CCCCCC(O)c1csc(Br)c1. The minimum atomic E-state index is -0.269. The van der Waals surface area contributed by atoms with E-state index in [0.717, 1.165) is 22.2 Å². The molecule has 1 heterocycles. The Bertz CT molecular complexity index is 247. The molecule has 0 aliphatic carbocycles. The molecule has 0 amide bonds. The number of halogens is 1. The maximum Gasteiger partial charge on any atom is 0.0798 e. The molecule has 1 aromatic heterocycles. The van der Waals surface area contributed by atoms with E-state index in [-0.39, 0.29) is 6.10 Å². The van der Waals surface area contributed by atoms with Gasteiger partial charge in [0.25, 0.3) is 0 Å². The minimum absolute atomic E-state index is 0.269. The highest BCUT2D eigenvalue weighted by molar-refractivity contribution is 9.11. The van der Waals surface area contributed by atoms with E-state index in [1.165, 1.54) is 12.8 Å². The zero-order valence-corrected chi connectivity index (χ0v) is 10.2. The normalized spacial score (nSPS) is 13.2. The summed E-state index contributed by atoms with van der Waals surface area (Å²) in [5.74, 6) is 0. The molecule has 1 atom stereocenters. The summed E-state index contributed by atoms with van der Waals surface area (Å²) >= 11 is 5.02. The van der Waals surface area contributed by atoms with Gasteiger partial charge in [-0.3, -0.25) is 0 Å². The first-order valence-corrected chi connectivity index (χ1v) is 6.33. The van der Waals surface area contributed by atoms with Crippen LogP contribution in [-0.4, -0.2) is 5.11 Å². The molecule has 74 valence electrons. The molecule has 0 radical (unpaired) electrons. The van der Waals surface area contributed by atoms with E-state index in [4.69, 9.17) is 0 Å². The second-order valence-corrected chi connectivity index (χ2v) is 5.49. The van der Waals surface area contributed by atoms with Gasteiger partial charge >= 0.3 is 0 Å². The van der Waals surface area contributed by atoms with Gasteiger partial charge in [0, 0.05) is 0 Å². The van der Waals surface area contributed by atoms with Gasteiger partial charge in [-0.15, -0.1) is 11.3 Å². The lowest BCUT2D eigenvalue weighted by Gasteiger charge is -2.07. The van der Waals surface area contributed by atoms with E-state index in [1.807, 2.05) is 11.4 Å². The molecule has 0 aliphatic rings. The van der Waals surface area contributed by atoms with E-state index in [2.05, 4.69) is 22.9 Å². The Kier molecular flexibility index (Phi) is 4.99. The third kappa shape index (κ3) is 3.79. The molecule has 1 unspecified atom stereocenters. The van der Waals surface area contributed by atoms with Gasteiger partial charge in [-0.2, -0.15) is 0 Å². The zero-order chi connectivity index (χ0) is 9.68. The number of unbranched alkanes of at least 4 members (excludes halogenated alkanes) is 2. The van der Waals surface area contributed by atoms with Crippen LogP contribution in [-0.2, 0) is 0 Å². The van der Waals surface area contributed by atoms with Crippen molar-refractivity contribution in [1.82, 2.24) is 0 Å². The van der Waals surface area contributed by atoms with Gasteiger partial charge in [0.2, 0.25) is 0 Å². The number of thiophene rings is 1. The lowest BCUT2D eigenvalue weighted by Crippen LogP contribution is -1.94. The van der Waals surface area contributed by atoms with Gasteiger partial charge in [-0.25, -0.2) is 0 Å². The highest BCUT2D eigenvalue weighted by Gasteiger charge is 2.08. The zero-order valence-electron chi connectivity index (χ0n) is 7.79. The quantitative estimate of drug-likeness (QED) is 0.792.